The topological polar surface area (TPSA) is 44.4 Å². The van der Waals surface area contributed by atoms with Gasteiger partial charge in [0.15, 0.2) is 0 Å². The number of fused-ring (bicyclic) bond motifs is 1. The molecule has 3 rings (SSSR count). The zero-order chi connectivity index (χ0) is 21.2. The normalized spacial score (nSPS) is 26.0. The van der Waals surface area contributed by atoms with Gasteiger partial charge in [-0.3, -0.25) is 9.69 Å². The number of likely N-dealkylation sites (N-methyl/N-ethyl adjacent to an activating group) is 1. The molecule has 4 atom stereocenters. The summed E-state index contributed by atoms with van der Waals surface area (Å²) in [5.74, 6) is 1.49. The van der Waals surface area contributed by atoms with E-state index in [1.165, 1.54) is 0 Å². The molecule has 0 bridgehead atoms. The van der Waals surface area contributed by atoms with E-state index in [1.807, 2.05) is 7.05 Å². The van der Waals surface area contributed by atoms with Crippen LogP contribution in [0.2, 0.25) is 0 Å². The van der Waals surface area contributed by atoms with E-state index in [9.17, 15) is 18.0 Å². The van der Waals surface area contributed by atoms with Gasteiger partial charge in [0.05, 0.1) is 11.6 Å². The Morgan fingerprint density at radius 2 is 1.86 bits per heavy atom. The number of benzene rings is 1. The van der Waals surface area contributed by atoms with Gasteiger partial charge in [0, 0.05) is 25.7 Å². The Kier molecular flexibility index (Phi) is 6.89. The van der Waals surface area contributed by atoms with Crippen molar-refractivity contribution >= 4 is 5.91 Å². The second-order valence-corrected chi connectivity index (χ2v) is 8.98. The van der Waals surface area contributed by atoms with E-state index in [2.05, 4.69) is 29.4 Å². The van der Waals surface area contributed by atoms with Crippen molar-refractivity contribution in [1.29, 1.82) is 0 Å². The molecule has 1 saturated heterocycles. The van der Waals surface area contributed by atoms with Crippen LogP contribution in [0.25, 0.3) is 0 Å². The third-order valence-corrected chi connectivity index (χ3v) is 6.32. The fourth-order valence-corrected chi connectivity index (χ4v) is 4.83. The predicted molar refractivity (Wildman–Crippen MR) is 107 cm³/mol. The first-order valence-corrected chi connectivity index (χ1v) is 10.5. The maximum Gasteiger partial charge on any atom is 0.416 e. The van der Waals surface area contributed by atoms with Gasteiger partial charge in [-0.25, -0.2) is 0 Å². The summed E-state index contributed by atoms with van der Waals surface area (Å²) in [5.41, 5.74) is 0.286. The highest BCUT2D eigenvalue weighted by molar-refractivity contribution is 5.82. The zero-order valence-corrected chi connectivity index (χ0v) is 17.4. The van der Waals surface area contributed by atoms with Crippen LogP contribution in [-0.2, 0) is 17.5 Å². The highest BCUT2D eigenvalue weighted by Crippen LogP contribution is 2.39. The maximum atomic E-state index is 12.7. The van der Waals surface area contributed by atoms with Crippen molar-refractivity contribution in [3.05, 3.63) is 35.4 Å². The van der Waals surface area contributed by atoms with Gasteiger partial charge in [-0.05, 0) is 61.8 Å². The molecule has 0 radical (unpaired) electrons. The first kappa shape index (κ1) is 22.1. The van der Waals surface area contributed by atoms with Gasteiger partial charge >= 0.3 is 6.18 Å². The smallest absolute Gasteiger partial charge is 0.352 e. The van der Waals surface area contributed by atoms with Crippen LogP contribution >= 0.6 is 0 Å². The molecule has 3 unspecified atom stereocenters. The molecule has 1 amide bonds. The minimum absolute atomic E-state index is 0.0769. The Hall–Kier alpha value is -1.60. The number of halogens is 3. The Morgan fingerprint density at radius 3 is 2.45 bits per heavy atom. The highest BCUT2D eigenvalue weighted by atomic mass is 19.4. The van der Waals surface area contributed by atoms with E-state index in [0.29, 0.717) is 24.3 Å². The molecular weight excluding hydrogens is 379 g/mol. The maximum absolute atomic E-state index is 12.7. The average Bonchev–Trinajstić information content (AvgIpc) is 3.20. The monoisotopic (exact) mass is 411 g/mol. The molecule has 0 aromatic heterocycles. The molecule has 1 heterocycles. The molecular formula is C22H32F3N3O. The lowest BCUT2D eigenvalue weighted by Crippen LogP contribution is -2.49. The Morgan fingerprint density at radius 1 is 1.17 bits per heavy atom. The number of hydrogen-bond donors (Lipinski definition) is 2. The van der Waals surface area contributed by atoms with E-state index in [1.54, 1.807) is 12.1 Å². The van der Waals surface area contributed by atoms with Crippen LogP contribution in [0, 0.1) is 17.8 Å². The number of nitrogens with zero attached hydrogens (tertiary/aromatic N) is 1. The summed E-state index contributed by atoms with van der Waals surface area (Å²) in [7, 11) is 1.82. The summed E-state index contributed by atoms with van der Waals surface area (Å²) < 4.78 is 38.2. The summed E-state index contributed by atoms with van der Waals surface area (Å²) in [6.07, 6.45) is -1.39. The number of nitrogens with one attached hydrogen (secondary N) is 2. The molecule has 1 aliphatic carbocycles. The van der Waals surface area contributed by atoms with E-state index >= 15 is 0 Å². The summed E-state index contributed by atoms with van der Waals surface area (Å²) in [5, 5.41) is 6.38. The zero-order valence-electron chi connectivity index (χ0n) is 17.4. The number of hydrogen-bond acceptors (Lipinski definition) is 3. The number of alkyl halides is 3. The van der Waals surface area contributed by atoms with Crippen LogP contribution < -0.4 is 10.6 Å². The van der Waals surface area contributed by atoms with Crippen molar-refractivity contribution in [2.24, 2.45) is 17.8 Å². The van der Waals surface area contributed by atoms with Crippen LogP contribution in [-0.4, -0.2) is 43.0 Å². The van der Waals surface area contributed by atoms with Crippen molar-refractivity contribution < 1.29 is 18.0 Å². The molecule has 1 aromatic rings. The number of carbonyl (C=O) groups excluding carboxylic acids is 1. The number of rotatable bonds is 7. The predicted octanol–water partition coefficient (Wildman–Crippen LogP) is 3.67. The largest absolute Gasteiger partial charge is 0.416 e. The van der Waals surface area contributed by atoms with Gasteiger partial charge in [-0.1, -0.05) is 26.0 Å². The van der Waals surface area contributed by atoms with Gasteiger partial charge in [0.1, 0.15) is 0 Å². The van der Waals surface area contributed by atoms with Gasteiger partial charge in [0.2, 0.25) is 5.91 Å². The molecule has 1 saturated carbocycles. The summed E-state index contributed by atoms with van der Waals surface area (Å²) in [6.45, 7) is 6.70. The molecule has 0 spiro atoms. The van der Waals surface area contributed by atoms with Crippen LogP contribution in [0.15, 0.2) is 24.3 Å². The number of amides is 1. The van der Waals surface area contributed by atoms with Crippen molar-refractivity contribution in [1.82, 2.24) is 15.5 Å². The van der Waals surface area contributed by atoms with Crippen molar-refractivity contribution in [3.63, 3.8) is 0 Å². The van der Waals surface area contributed by atoms with Gasteiger partial charge in [0.25, 0.3) is 0 Å². The molecule has 29 heavy (non-hydrogen) atoms. The molecule has 2 aliphatic rings. The Labute approximate surface area is 171 Å². The molecule has 2 N–H and O–H groups in total. The lowest BCUT2D eigenvalue weighted by atomic mass is 9.97. The quantitative estimate of drug-likeness (QED) is 0.720. The van der Waals surface area contributed by atoms with Crippen LogP contribution in [0.4, 0.5) is 13.2 Å². The van der Waals surface area contributed by atoms with Crippen LogP contribution in [0.3, 0.4) is 0 Å². The summed E-state index contributed by atoms with van der Waals surface area (Å²) >= 11 is 0. The molecule has 1 aliphatic heterocycles. The SMILES string of the molecule is CNC(CC(C)C)C(=O)NC1CC[C@H]2CN(Cc3ccc(C(F)(F)F)cc3)CC12. The molecule has 1 aromatic carbocycles. The minimum atomic E-state index is -4.30. The van der Waals surface area contributed by atoms with Gasteiger partial charge in [-0.2, -0.15) is 13.2 Å². The molecule has 7 heteroatoms. The number of carbonyl (C=O) groups is 1. The van der Waals surface area contributed by atoms with E-state index in [0.717, 1.165) is 50.0 Å². The fraction of sp³-hybridized carbons (Fsp3) is 0.682. The molecule has 2 fully saturated rings. The van der Waals surface area contributed by atoms with Crippen molar-refractivity contribution in [2.75, 3.05) is 20.1 Å². The third kappa shape index (κ3) is 5.51. The van der Waals surface area contributed by atoms with Crippen molar-refractivity contribution in [2.45, 2.75) is 57.9 Å². The summed E-state index contributed by atoms with van der Waals surface area (Å²) in [4.78, 5) is 15.0. The van der Waals surface area contributed by atoms with Gasteiger partial charge < -0.3 is 10.6 Å². The second kappa shape index (κ2) is 9.04. The Bertz CT molecular complexity index is 690. The molecule has 162 valence electrons. The van der Waals surface area contributed by atoms with E-state index < -0.39 is 11.7 Å². The number of likely N-dealkylation sites (tertiary alicyclic amines) is 1. The highest BCUT2D eigenvalue weighted by Gasteiger charge is 2.43. The lowest BCUT2D eigenvalue weighted by Gasteiger charge is -2.25. The first-order valence-electron chi connectivity index (χ1n) is 10.5. The first-order chi connectivity index (χ1) is 13.7. The average molecular weight is 412 g/mol. The lowest BCUT2D eigenvalue weighted by molar-refractivity contribution is -0.137. The molecule has 4 nitrogen and oxygen atoms in total. The van der Waals surface area contributed by atoms with E-state index in [-0.39, 0.29) is 18.0 Å². The van der Waals surface area contributed by atoms with Crippen molar-refractivity contribution in [3.8, 4) is 0 Å². The van der Waals surface area contributed by atoms with Gasteiger partial charge in [-0.15, -0.1) is 0 Å². The summed E-state index contributed by atoms with van der Waals surface area (Å²) in [6, 6.07) is 5.47. The minimum Gasteiger partial charge on any atom is -0.352 e. The van der Waals surface area contributed by atoms with E-state index in [4.69, 9.17) is 0 Å². The second-order valence-electron chi connectivity index (χ2n) is 8.98. The fourth-order valence-electron chi connectivity index (χ4n) is 4.83. The Balaban J connectivity index is 1.54. The van der Waals surface area contributed by atoms with Crippen LogP contribution in [0.1, 0.15) is 44.2 Å². The van der Waals surface area contributed by atoms with Crippen LogP contribution in [0.5, 0.6) is 0 Å². The third-order valence-electron chi connectivity index (χ3n) is 6.32. The standard InChI is InChI=1S/C22H32F3N3O/c1-14(2)10-20(26-3)21(29)27-19-9-6-16-12-28(13-18(16)19)11-15-4-7-17(8-5-15)22(23,24)25/h4-5,7-8,14,16,18-20,26H,6,9-13H2,1-3H3,(H,27,29)/t16-,18?,19?,20?/m0/s1.